The monoisotopic (exact) mass is 287 g/mol. The van der Waals surface area contributed by atoms with E-state index in [1.807, 2.05) is 0 Å². The molecule has 8 heteroatoms. The number of rotatable bonds is 5. The van der Waals surface area contributed by atoms with Crippen molar-refractivity contribution >= 4 is 27.5 Å². The number of anilines is 1. The zero-order chi connectivity index (χ0) is 14.6. The summed E-state index contributed by atoms with van der Waals surface area (Å²) >= 11 is 0. The molecule has 0 saturated heterocycles. The number of benzene rings is 1. The molecular formula is C11H13NO6S. The van der Waals surface area contributed by atoms with Crippen LogP contribution in [0.3, 0.4) is 0 Å². The second-order valence-electron chi connectivity index (χ2n) is 3.76. The average Bonchev–Trinajstić information content (AvgIpc) is 2.25. The van der Waals surface area contributed by atoms with E-state index in [1.54, 1.807) is 0 Å². The molecule has 0 atom stereocenters. The van der Waals surface area contributed by atoms with Crippen molar-refractivity contribution in [1.29, 1.82) is 0 Å². The largest absolute Gasteiger partial charge is 0.497 e. The van der Waals surface area contributed by atoms with Crippen molar-refractivity contribution in [2.45, 2.75) is 18.2 Å². The van der Waals surface area contributed by atoms with E-state index < -0.39 is 20.9 Å². The third-order valence-electron chi connectivity index (χ3n) is 2.15. The number of ketones is 1. The molecule has 0 unspecified atom stereocenters. The zero-order valence-corrected chi connectivity index (χ0v) is 11.2. The standard InChI is InChI=1S/C11H13NO6S/c1-7(13)5-11(14)12-9-6-8(18-2)3-4-10(9)19(15,16)17/h3-4,6H,5H2,1-2H3,(H,12,14)(H,15,16,17). The molecule has 0 radical (unpaired) electrons. The Kier molecular flexibility index (Phi) is 4.62. The minimum atomic E-state index is -4.49. The average molecular weight is 287 g/mol. The van der Waals surface area contributed by atoms with Crippen LogP contribution in [0.15, 0.2) is 23.1 Å². The highest BCUT2D eigenvalue weighted by molar-refractivity contribution is 7.86. The Balaban J connectivity index is 3.15. The molecule has 1 aromatic rings. The molecule has 0 aliphatic carbocycles. The van der Waals surface area contributed by atoms with Gasteiger partial charge in [0, 0.05) is 6.07 Å². The normalized spacial score (nSPS) is 10.9. The second-order valence-corrected chi connectivity index (χ2v) is 5.15. The maximum Gasteiger partial charge on any atom is 0.296 e. The minimum absolute atomic E-state index is 0.145. The lowest BCUT2D eigenvalue weighted by molar-refractivity contribution is -0.124. The molecule has 1 amide bonds. The van der Waals surface area contributed by atoms with E-state index in [0.717, 1.165) is 6.07 Å². The highest BCUT2D eigenvalue weighted by Gasteiger charge is 2.18. The molecule has 7 nitrogen and oxygen atoms in total. The molecule has 1 aromatic carbocycles. The van der Waals surface area contributed by atoms with Crippen LogP contribution in [0.1, 0.15) is 13.3 Å². The Morgan fingerprint density at radius 1 is 1.37 bits per heavy atom. The van der Waals surface area contributed by atoms with Crippen LogP contribution in [0, 0.1) is 0 Å². The lowest BCUT2D eigenvalue weighted by Crippen LogP contribution is -2.17. The molecular weight excluding hydrogens is 274 g/mol. The van der Waals surface area contributed by atoms with Crippen LogP contribution in [0.25, 0.3) is 0 Å². The number of carbonyl (C=O) groups excluding carboxylic acids is 2. The predicted octanol–water partition coefficient (Wildman–Crippen LogP) is 0.859. The summed E-state index contributed by atoms with van der Waals surface area (Å²) in [6, 6.07) is 3.66. The van der Waals surface area contributed by atoms with E-state index in [2.05, 4.69) is 5.32 Å². The first-order valence-corrected chi connectivity index (χ1v) is 6.63. The van der Waals surface area contributed by atoms with Crippen molar-refractivity contribution in [2.24, 2.45) is 0 Å². The Labute approximate surface area is 110 Å². The predicted molar refractivity (Wildman–Crippen MR) is 66.7 cm³/mol. The van der Waals surface area contributed by atoms with E-state index in [9.17, 15) is 18.0 Å². The molecule has 0 fully saturated rings. The smallest absolute Gasteiger partial charge is 0.296 e. The van der Waals surface area contributed by atoms with Gasteiger partial charge >= 0.3 is 0 Å². The van der Waals surface area contributed by atoms with Crippen LogP contribution < -0.4 is 10.1 Å². The van der Waals surface area contributed by atoms with Crippen molar-refractivity contribution < 1.29 is 27.3 Å². The molecule has 0 aliphatic rings. The van der Waals surface area contributed by atoms with Gasteiger partial charge in [0.2, 0.25) is 5.91 Å². The third kappa shape index (κ3) is 4.34. The van der Waals surface area contributed by atoms with Gasteiger partial charge in [-0.15, -0.1) is 0 Å². The van der Waals surface area contributed by atoms with Gasteiger partial charge in [0.15, 0.2) is 0 Å². The molecule has 1 rings (SSSR count). The van der Waals surface area contributed by atoms with Gasteiger partial charge in [0.1, 0.15) is 16.4 Å². The number of ether oxygens (including phenoxy) is 1. The minimum Gasteiger partial charge on any atom is -0.497 e. The lowest BCUT2D eigenvalue weighted by Gasteiger charge is -2.10. The lowest BCUT2D eigenvalue weighted by atomic mass is 10.2. The van der Waals surface area contributed by atoms with Gasteiger partial charge in [-0.25, -0.2) is 0 Å². The fourth-order valence-corrected chi connectivity index (χ4v) is 2.01. The van der Waals surface area contributed by atoms with Gasteiger partial charge in [0.25, 0.3) is 10.1 Å². The van der Waals surface area contributed by atoms with Gasteiger partial charge in [-0.3, -0.25) is 14.1 Å². The molecule has 2 N–H and O–H groups in total. The fraction of sp³-hybridized carbons (Fsp3) is 0.273. The highest BCUT2D eigenvalue weighted by Crippen LogP contribution is 2.26. The quantitative estimate of drug-likeness (QED) is 0.614. The SMILES string of the molecule is COc1ccc(S(=O)(=O)O)c(NC(=O)CC(C)=O)c1. The van der Waals surface area contributed by atoms with E-state index in [1.165, 1.54) is 26.2 Å². The number of carbonyl (C=O) groups is 2. The summed E-state index contributed by atoms with van der Waals surface area (Å²) < 4.78 is 36.2. The van der Waals surface area contributed by atoms with Gasteiger partial charge in [-0.1, -0.05) is 0 Å². The molecule has 19 heavy (non-hydrogen) atoms. The highest BCUT2D eigenvalue weighted by atomic mass is 32.2. The summed E-state index contributed by atoms with van der Waals surface area (Å²) in [5.41, 5.74) is -0.145. The molecule has 0 aliphatic heterocycles. The molecule has 0 heterocycles. The van der Waals surface area contributed by atoms with E-state index in [4.69, 9.17) is 9.29 Å². The summed E-state index contributed by atoms with van der Waals surface area (Å²) in [5.74, 6) is -0.745. The number of nitrogens with one attached hydrogen (secondary N) is 1. The number of hydrogen-bond acceptors (Lipinski definition) is 5. The first kappa shape index (κ1) is 15.1. The van der Waals surface area contributed by atoms with Crippen molar-refractivity contribution in [3.63, 3.8) is 0 Å². The second kappa shape index (κ2) is 5.81. The van der Waals surface area contributed by atoms with Crippen molar-refractivity contribution in [3.8, 4) is 5.75 Å². The summed E-state index contributed by atoms with van der Waals surface area (Å²) in [6.45, 7) is 1.23. The van der Waals surface area contributed by atoms with Gasteiger partial charge in [0.05, 0.1) is 19.2 Å². The Bertz CT molecular complexity index is 608. The van der Waals surface area contributed by atoms with Crippen molar-refractivity contribution in [3.05, 3.63) is 18.2 Å². The number of Topliss-reactive ketones (excluding diaryl/α,β-unsaturated/α-hetero) is 1. The fourth-order valence-electron chi connectivity index (χ4n) is 1.38. The Morgan fingerprint density at radius 2 is 2.00 bits per heavy atom. The molecule has 0 saturated carbocycles. The summed E-state index contributed by atoms with van der Waals surface area (Å²) in [5, 5.41) is 2.24. The molecule has 0 bridgehead atoms. The van der Waals surface area contributed by atoms with Crippen LogP contribution >= 0.6 is 0 Å². The summed E-state index contributed by atoms with van der Waals surface area (Å²) in [4.78, 5) is 21.8. The maximum absolute atomic E-state index is 11.5. The van der Waals surface area contributed by atoms with Crippen LogP contribution in [0.5, 0.6) is 5.75 Å². The van der Waals surface area contributed by atoms with Crippen LogP contribution in [0.2, 0.25) is 0 Å². The van der Waals surface area contributed by atoms with Crippen LogP contribution in [0.4, 0.5) is 5.69 Å². The topological polar surface area (TPSA) is 110 Å². The van der Waals surface area contributed by atoms with Crippen LogP contribution in [-0.2, 0) is 19.7 Å². The summed E-state index contributed by atoms with van der Waals surface area (Å²) in [7, 11) is -3.12. The van der Waals surface area contributed by atoms with E-state index in [0.29, 0.717) is 5.75 Å². The van der Waals surface area contributed by atoms with Gasteiger partial charge in [-0.05, 0) is 19.1 Å². The first-order valence-electron chi connectivity index (χ1n) is 5.19. The first-order chi connectivity index (χ1) is 8.74. The van der Waals surface area contributed by atoms with Crippen molar-refractivity contribution in [2.75, 3.05) is 12.4 Å². The van der Waals surface area contributed by atoms with Gasteiger partial charge < -0.3 is 10.1 Å². The zero-order valence-electron chi connectivity index (χ0n) is 10.3. The summed E-state index contributed by atoms with van der Waals surface area (Å²) in [6.07, 6.45) is -0.387. The van der Waals surface area contributed by atoms with Crippen LogP contribution in [-0.4, -0.2) is 31.8 Å². The Morgan fingerprint density at radius 3 is 2.47 bits per heavy atom. The van der Waals surface area contributed by atoms with Gasteiger partial charge in [-0.2, -0.15) is 8.42 Å². The Hall–Kier alpha value is -1.93. The number of hydrogen-bond donors (Lipinski definition) is 2. The van der Waals surface area contributed by atoms with E-state index in [-0.39, 0.29) is 17.9 Å². The molecule has 0 aromatic heterocycles. The third-order valence-corrected chi connectivity index (χ3v) is 3.06. The molecule has 104 valence electrons. The van der Waals surface area contributed by atoms with E-state index >= 15 is 0 Å². The number of amides is 1. The number of methoxy groups -OCH3 is 1. The van der Waals surface area contributed by atoms with Crippen molar-refractivity contribution in [1.82, 2.24) is 0 Å². The molecule has 0 spiro atoms. The maximum atomic E-state index is 11.5.